The molecular weight excluding hydrogens is 284 g/mol. The molecule has 0 saturated carbocycles. The summed E-state index contributed by atoms with van der Waals surface area (Å²) in [7, 11) is 0. The van der Waals surface area contributed by atoms with Crippen molar-refractivity contribution in [1.29, 1.82) is 0 Å². The number of hydrogen-bond donors (Lipinski definition) is 2. The Labute approximate surface area is 116 Å². The largest absolute Gasteiger partial charge is 0.478 e. The van der Waals surface area contributed by atoms with Crippen LogP contribution in [0.1, 0.15) is 21.7 Å². The minimum absolute atomic E-state index is 0.0775. The van der Waals surface area contributed by atoms with Crippen LogP contribution in [0.3, 0.4) is 0 Å². The first-order valence-corrected chi connectivity index (χ1v) is 6.51. The molecule has 1 aromatic heterocycles. The number of benzene rings is 1. The van der Waals surface area contributed by atoms with Gasteiger partial charge in [-0.2, -0.15) is 9.78 Å². The van der Waals surface area contributed by atoms with E-state index in [1.807, 2.05) is 0 Å². The predicted molar refractivity (Wildman–Crippen MR) is 70.2 cm³/mol. The fourth-order valence-electron chi connectivity index (χ4n) is 1.50. The third kappa shape index (κ3) is 2.78. The zero-order chi connectivity index (χ0) is 14.7. The fraction of sp³-hybridized carbons (Fsp3) is 0.0909. The number of nitrogens with zero attached hydrogens (tertiary/aromatic N) is 4. The quantitative estimate of drug-likeness (QED) is 0.634. The lowest BCUT2D eigenvalue weighted by molar-refractivity contribution is 0.0696. The van der Waals surface area contributed by atoms with Crippen LogP contribution in [0.2, 0.25) is 0 Å². The molecule has 0 amide bonds. The van der Waals surface area contributed by atoms with Crippen LogP contribution in [-0.2, 0) is 11.1 Å². The molecule has 0 bridgehead atoms. The summed E-state index contributed by atoms with van der Waals surface area (Å²) in [5.41, 5.74) is 0.441. The molecule has 1 atom stereocenters. The summed E-state index contributed by atoms with van der Waals surface area (Å²) in [5, 5.41) is 19.9. The van der Waals surface area contributed by atoms with E-state index < -0.39 is 17.0 Å². The number of aromatic nitrogens is 3. The van der Waals surface area contributed by atoms with Gasteiger partial charge >= 0.3 is 5.97 Å². The lowest BCUT2D eigenvalue weighted by Crippen LogP contribution is -2.05. The molecule has 104 valence electrons. The van der Waals surface area contributed by atoms with E-state index >= 15 is 0 Å². The molecule has 1 unspecified atom stereocenters. The van der Waals surface area contributed by atoms with Gasteiger partial charge in [-0.15, -0.1) is 10.2 Å². The highest BCUT2D eigenvalue weighted by Gasteiger charge is 2.13. The van der Waals surface area contributed by atoms with Gasteiger partial charge in [-0.3, -0.25) is 4.55 Å². The number of carboxylic acids is 1. The summed E-state index contributed by atoms with van der Waals surface area (Å²) < 4.78 is 21.2. The highest BCUT2D eigenvalue weighted by Crippen LogP contribution is 2.08. The monoisotopic (exact) mass is 294 g/mol. The Hall–Kier alpha value is -2.39. The summed E-state index contributed by atoms with van der Waals surface area (Å²) in [6.45, 7) is 1.56. The van der Waals surface area contributed by atoms with Gasteiger partial charge in [0.05, 0.1) is 11.8 Å². The summed E-state index contributed by atoms with van der Waals surface area (Å²) in [4.78, 5) is 11.0. The van der Waals surface area contributed by atoms with E-state index in [1.54, 1.807) is 25.1 Å². The molecule has 0 aliphatic carbocycles. The molecule has 2 aromatic rings. The zero-order valence-electron chi connectivity index (χ0n) is 10.3. The van der Waals surface area contributed by atoms with Crippen molar-refractivity contribution in [3.63, 3.8) is 0 Å². The van der Waals surface area contributed by atoms with Crippen molar-refractivity contribution in [2.45, 2.75) is 12.1 Å². The highest BCUT2D eigenvalue weighted by molar-refractivity contribution is 7.79. The molecule has 0 fully saturated rings. The van der Waals surface area contributed by atoms with Crippen LogP contribution in [-0.4, -0.2) is 40.9 Å². The number of aromatic carboxylic acids is 1. The first kappa shape index (κ1) is 14.0. The van der Waals surface area contributed by atoms with Crippen LogP contribution in [0.15, 0.2) is 34.5 Å². The summed E-state index contributed by atoms with van der Waals surface area (Å²) in [6.07, 6.45) is 1.27. The summed E-state index contributed by atoms with van der Waals surface area (Å²) in [6, 6.07) is 6.27. The minimum atomic E-state index is -2.33. The van der Waals surface area contributed by atoms with Gasteiger partial charge in [-0.05, 0) is 13.0 Å². The number of aryl methyl sites for hydroxylation is 1. The standard InChI is InChI=1S/C11H10N4O4S/c1-7-13-14-11(20(18)19)15(7)12-6-8-4-2-3-5-9(8)10(16)17/h2-6H,1H3,(H,16,17)(H,18,19)/b12-6+. The molecule has 1 aromatic carbocycles. The predicted octanol–water partition coefficient (Wildman–Crippen LogP) is 0.748. The van der Waals surface area contributed by atoms with Gasteiger partial charge in [0.2, 0.25) is 11.1 Å². The average Bonchev–Trinajstić information content (AvgIpc) is 2.78. The maximum absolute atomic E-state index is 11.0. The number of rotatable bonds is 4. The molecule has 2 rings (SSSR count). The van der Waals surface area contributed by atoms with Crippen LogP contribution in [0, 0.1) is 6.92 Å². The Kier molecular flexibility index (Phi) is 4.01. The second-order valence-electron chi connectivity index (χ2n) is 3.73. The minimum Gasteiger partial charge on any atom is -0.478 e. The van der Waals surface area contributed by atoms with Crippen LogP contribution >= 0.6 is 0 Å². The third-order valence-corrected chi connectivity index (χ3v) is 2.99. The first-order chi connectivity index (χ1) is 9.50. The zero-order valence-corrected chi connectivity index (χ0v) is 11.1. The molecule has 0 aliphatic heterocycles. The van der Waals surface area contributed by atoms with E-state index in [9.17, 15) is 9.00 Å². The van der Waals surface area contributed by atoms with Gasteiger partial charge in [-0.1, -0.05) is 18.2 Å². The van der Waals surface area contributed by atoms with Crippen LogP contribution in [0.25, 0.3) is 0 Å². The van der Waals surface area contributed by atoms with Gasteiger partial charge in [0.1, 0.15) is 0 Å². The molecule has 2 N–H and O–H groups in total. The fourth-order valence-corrected chi connectivity index (χ4v) is 1.94. The van der Waals surface area contributed by atoms with Crippen molar-refractivity contribution in [2.75, 3.05) is 0 Å². The second kappa shape index (κ2) is 5.72. The lowest BCUT2D eigenvalue weighted by Gasteiger charge is -2.01. The molecule has 0 spiro atoms. The van der Waals surface area contributed by atoms with Crippen molar-refractivity contribution >= 4 is 23.3 Å². The van der Waals surface area contributed by atoms with Gasteiger partial charge in [-0.25, -0.2) is 9.00 Å². The smallest absolute Gasteiger partial charge is 0.336 e. The van der Waals surface area contributed by atoms with Gasteiger partial charge < -0.3 is 5.11 Å². The van der Waals surface area contributed by atoms with Gasteiger partial charge in [0.25, 0.3) is 5.16 Å². The maximum Gasteiger partial charge on any atom is 0.336 e. The first-order valence-electron chi connectivity index (χ1n) is 5.40. The topological polar surface area (TPSA) is 118 Å². The lowest BCUT2D eigenvalue weighted by atomic mass is 10.1. The van der Waals surface area contributed by atoms with Gasteiger partial charge in [0, 0.05) is 5.56 Å². The molecular formula is C11H10N4O4S. The van der Waals surface area contributed by atoms with Crippen LogP contribution in [0.4, 0.5) is 0 Å². The van der Waals surface area contributed by atoms with E-state index in [2.05, 4.69) is 15.3 Å². The van der Waals surface area contributed by atoms with Crippen molar-refractivity contribution in [3.05, 3.63) is 41.2 Å². The van der Waals surface area contributed by atoms with E-state index in [4.69, 9.17) is 9.66 Å². The Bertz CT molecular complexity index is 710. The third-order valence-electron chi connectivity index (χ3n) is 2.43. The van der Waals surface area contributed by atoms with Gasteiger partial charge in [0.15, 0.2) is 5.82 Å². The van der Waals surface area contributed by atoms with E-state index in [1.165, 1.54) is 12.3 Å². The van der Waals surface area contributed by atoms with Crippen LogP contribution < -0.4 is 0 Å². The number of carboxylic acid groups (broad SMARTS) is 1. The van der Waals surface area contributed by atoms with E-state index in [0.29, 0.717) is 11.4 Å². The van der Waals surface area contributed by atoms with E-state index in [-0.39, 0.29) is 10.7 Å². The molecule has 20 heavy (non-hydrogen) atoms. The highest BCUT2D eigenvalue weighted by atomic mass is 32.2. The van der Waals surface area contributed by atoms with Crippen molar-refractivity contribution in [2.24, 2.45) is 5.10 Å². The molecule has 1 heterocycles. The van der Waals surface area contributed by atoms with E-state index in [0.717, 1.165) is 4.68 Å². The Morgan fingerprint density at radius 1 is 1.40 bits per heavy atom. The van der Waals surface area contributed by atoms with Crippen LogP contribution in [0.5, 0.6) is 0 Å². The Morgan fingerprint density at radius 2 is 2.10 bits per heavy atom. The van der Waals surface area contributed by atoms with Crippen molar-refractivity contribution < 1.29 is 18.7 Å². The SMILES string of the molecule is Cc1nnc(S(=O)O)n1/N=C/c1ccccc1C(=O)O. The second-order valence-corrected chi connectivity index (χ2v) is 4.59. The number of carbonyl (C=O) groups is 1. The summed E-state index contributed by atoms with van der Waals surface area (Å²) in [5.74, 6) is -0.773. The Morgan fingerprint density at radius 3 is 2.75 bits per heavy atom. The van der Waals surface area contributed by atoms with Crippen molar-refractivity contribution in [1.82, 2.24) is 14.9 Å². The molecule has 0 aliphatic rings. The Balaban J connectivity index is 2.43. The molecule has 0 radical (unpaired) electrons. The molecule has 0 saturated heterocycles. The molecule has 8 nitrogen and oxygen atoms in total. The average molecular weight is 294 g/mol. The van der Waals surface area contributed by atoms with Crippen molar-refractivity contribution in [3.8, 4) is 0 Å². The number of hydrogen-bond acceptors (Lipinski definition) is 5. The summed E-state index contributed by atoms with van der Waals surface area (Å²) >= 11 is -2.33. The normalized spacial score (nSPS) is 12.7. The molecule has 9 heteroatoms. The maximum atomic E-state index is 11.0.